The zero-order chi connectivity index (χ0) is 17.6. The number of nitrogens with zero attached hydrogens (tertiary/aromatic N) is 3. The predicted octanol–water partition coefficient (Wildman–Crippen LogP) is 3.87. The van der Waals surface area contributed by atoms with Crippen LogP contribution in [0.3, 0.4) is 0 Å². The van der Waals surface area contributed by atoms with E-state index in [0.717, 1.165) is 30.9 Å². The first-order valence-corrected chi connectivity index (χ1v) is 10.5. The lowest BCUT2D eigenvalue weighted by atomic mass is 10.2. The van der Waals surface area contributed by atoms with Gasteiger partial charge in [0.25, 0.3) is 5.89 Å². The van der Waals surface area contributed by atoms with Crippen molar-refractivity contribution in [3.05, 3.63) is 22.8 Å². The molecule has 0 bridgehead atoms. The lowest BCUT2D eigenvalue weighted by molar-refractivity contribution is -0.0588. The third-order valence-electron chi connectivity index (χ3n) is 4.99. The van der Waals surface area contributed by atoms with Gasteiger partial charge < -0.3 is 14.0 Å². The Morgan fingerprint density at radius 2 is 2.04 bits per heavy atom. The molecule has 4 heterocycles. The Morgan fingerprint density at radius 1 is 1.15 bits per heavy atom. The normalized spacial score (nSPS) is 22.4. The second-order valence-electron chi connectivity index (χ2n) is 7.12. The van der Waals surface area contributed by atoms with Gasteiger partial charge in [0.1, 0.15) is 6.61 Å². The maximum Gasteiger partial charge on any atom is 0.268 e. The molecule has 0 spiro atoms. The molecule has 2 aromatic heterocycles. The largest absolute Gasteiger partial charge is 0.379 e. The lowest BCUT2D eigenvalue weighted by Gasteiger charge is -2.21. The van der Waals surface area contributed by atoms with Crippen LogP contribution in [0.1, 0.15) is 49.2 Å². The van der Waals surface area contributed by atoms with E-state index in [0.29, 0.717) is 24.9 Å². The molecule has 0 saturated carbocycles. The van der Waals surface area contributed by atoms with E-state index in [9.17, 15) is 0 Å². The van der Waals surface area contributed by atoms with Crippen LogP contribution in [0, 0.1) is 0 Å². The molecular formula is C19H27N3O3S. The van der Waals surface area contributed by atoms with Gasteiger partial charge in [0.05, 0.1) is 17.6 Å². The van der Waals surface area contributed by atoms with Crippen molar-refractivity contribution in [2.24, 2.45) is 0 Å². The van der Waals surface area contributed by atoms with Crippen LogP contribution in [0.15, 0.2) is 16.7 Å². The third-order valence-corrected chi connectivity index (χ3v) is 6.04. The van der Waals surface area contributed by atoms with Crippen molar-refractivity contribution in [1.82, 2.24) is 15.0 Å². The number of ether oxygens (including phenoxy) is 2. The minimum Gasteiger partial charge on any atom is -0.379 e. The van der Waals surface area contributed by atoms with Crippen molar-refractivity contribution in [3.63, 3.8) is 0 Å². The van der Waals surface area contributed by atoms with Gasteiger partial charge in [-0.05, 0) is 50.9 Å². The van der Waals surface area contributed by atoms with Crippen LogP contribution in [0.2, 0.25) is 0 Å². The average molecular weight is 378 g/mol. The molecule has 1 unspecified atom stereocenters. The second-order valence-corrected chi connectivity index (χ2v) is 8.29. The van der Waals surface area contributed by atoms with E-state index in [1.165, 1.54) is 43.6 Å². The summed E-state index contributed by atoms with van der Waals surface area (Å²) in [5.41, 5.74) is 0. The smallest absolute Gasteiger partial charge is 0.268 e. The maximum atomic E-state index is 5.82. The van der Waals surface area contributed by atoms with E-state index in [-0.39, 0.29) is 6.10 Å². The quantitative estimate of drug-likeness (QED) is 0.762. The SMILES string of the molecule is c1cc(-c2nc(COC3CCCOC3)no2)sc1CN1CCCCCC1. The minimum absolute atomic E-state index is 0.146. The molecule has 0 N–H and O–H groups in total. The van der Waals surface area contributed by atoms with Gasteiger partial charge in [-0.2, -0.15) is 4.98 Å². The molecular weight excluding hydrogens is 350 g/mol. The monoisotopic (exact) mass is 377 g/mol. The molecule has 4 rings (SSSR count). The zero-order valence-corrected chi connectivity index (χ0v) is 16.0. The van der Waals surface area contributed by atoms with Gasteiger partial charge in [0, 0.05) is 18.0 Å². The predicted molar refractivity (Wildman–Crippen MR) is 100.0 cm³/mol. The van der Waals surface area contributed by atoms with Crippen LogP contribution >= 0.6 is 11.3 Å². The number of thiophene rings is 1. The topological polar surface area (TPSA) is 60.6 Å². The van der Waals surface area contributed by atoms with Gasteiger partial charge in [-0.1, -0.05) is 18.0 Å². The fraction of sp³-hybridized carbons (Fsp3) is 0.684. The van der Waals surface area contributed by atoms with E-state index < -0.39 is 0 Å². The van der Waals surface area contributed by atoms with E-state index in [1.807, 2.05) is 0 Å². The van der Waals surface area contributed by atoms with Crippen LogP contribution in [-0.4, -0.2) is 47.4 Å². The average Bonchev–Trinajstić information content (AvgIpc) is 3.25. The zero-order valence-electron chi connectivity index (χ0n) is 15.2. The fourth-order valence-electron chi connectivity index (χ4n) is 3.54. The van der Waals surface area contributed by atoms with Crippen LogP contribution in [0.25, 0.3) is 10.8 Å². The lowest BCUT2D eigenvalue weighted by Crippen LogP contribution is -2.25. The first kappa shape index (κ1) is 18.1. The highest BCUT2D eigenvalue weighted by atomic mass is 32.1. The third kappa shape index (κ3) is 4.91. The standard InChI is InChI=1S/C19H27N3O3S/c1-2-4-10-22(9-3-1)12-16-7-8-17(26-16)19-20-18(21-25-19)14-24-15-6-5-11-23-13-15/h7-8,15H,1-6,9-14H2. The van der Waals surface area contributed by atoms with Crippen molar-refractivity contribution >= 4 is 11.3 Å². The number of hydrogen-bond donors (Lipinski definition) is 0. The Morgan fingerprint density at radius 3 is 2.85 bits per heavy atom. The molecule has 26 heavy (non-hydrogen) atoms. The highest BCUT2D eigenvalue weighted by Gasteiger charge is 2.17. The minimum atomic E-state index is 0.146. The summed E-state index contributed by atoms with van der Waals surface area (Å²) in [4.78, 5) is 9.45. The van der Waals surface area contributed by atoms with E-state index in [2.05, 4.69) is 27.2 Å². The Kier molecular flexibility index (Phi) is 6.32. The summed E-state index contributed by atoms with van der Waals surface area (Å²) < 4.78 is 16.7. The molecule has 2 fully saturated rings. The molecule has 2 aliphatic rings. The van der Waals surface area contributed by atoms with Crippen LogP contribution in [0.4, 0.5) is 0 Å². The number of aromatic nitrogens is 2. The molecule has 7 heteroatoms. The summed E-state index contributed by atoms with van der Waals surface area (Å²) in [7, 11) is 0. The Labute approximate surface area is 158 Å². The fourth-order valence-corrected chi connectivity index (χ4v) is 4.51. The highest BCUT2D eigenvalue weighted by Crippen LogP contribution is 2.28. The van der Waals surface area contributed by atoms with E-state index >= 15 is 0 Å². The van der Waals surface area contributed by atoms with Crippen molar-refractivity contribution in [2.75, 3.05) is 26.3 Å². The molecule has 0 radical (unpaired) electrons. The Bertz CT molecular complexity index is 673. The van der Waals surface area contributed by atoms with E-state index in [1.54, 1.807) is 11.3 Å². The van der Waals surface area contributed by atoms with Crippen molar-refractivity contribution in [1.29, 1.82) is 0 Å². The molecule has 6 nitrogen and oxygen atoms in total. The first-order chi connectivity index (χ1) is 12.9. The maximum absolute atomic E-state index is 5.82. The molecule has 0 aromatic carbocycles. The summed E-state index contributed by atoms with van der Waals surface area (Å²) >= 11 is 1.75. The second kappa shape index (κ2) is 9.08. The molecule has 2 aliphatic heterocycles. The molecule has 142 valence electrons. The van der Waals surface area contributed by atoms with Crippen LogP contribution < -0.4 is 0 Å². The van der Waals surface area contributed by atoms with Crippen molar-refractivity contribution < 1.29 is 14.0 Å². The Balaban J connectivity index is 1.31. The van der Waals surface area contributed by atoms with Gasteiger partial charge >= 0.3 is 0 Å². The van der Waals surface area contributed by atoms with Crippen molar-refractivity contribution in [2.45, 2.75) is 57.8 Å². The first-order valence-electron chi connectivity index (χ1n) is 9.70. The summed E-state index contributed by atoms with van der Waals surface area (Å²) in [5, 5.41) is 4.06. The van der Waals surface area contributed by atoms with Crippen molar-refractivity contribution in [3.8, 4) is 10.8 Å². The van der Waals surface area contributed by atoms with Gasteiger partial charge in [-0.25, -0.2) is 0 Å². The number of hydrogen-bond acceptors (Lipinski definition) is 7. The van der Waals surface area contributed by atoms with Crippen LogP contribution in [0.5, 0.6) is 0 Å². The molecule has 0 amide bonds. The summed E-state index contributed by atoms with van der Waals surface area (Å²) in [6, 6.07) is 4.27. The summed E-state index contributed by atoms with van der Waals surface area (Å²) in [6.45, 7) is 5.32. The van der Waals surface area contributed by atoms with Gasteiger partial charge in [0.2, 0.25) is 0 Å². The van der Waals surface area contributed by atoms with Gasteiger partial charge in [0.15, 0.2) is 5.82 Å². The van der Waals surface area contributed by atoms with Crippen LogP contribution in [-0.2, 0) is 22.6 Å². The molecule has 0 aliphatic carbocycles. The Hall–Kier alpha value is -1.28. The summed E-state index contributed by atoms with van der Waals surface area (Å²) in [5.74, 6) is 1.20. The highest BCUT2D eigenvalue weighted by molar-refractivity contribution is 7.15. The van der Waals surface area contributed by atoms with Gasteiger partial charge in [-0.15, -0.1) is 11.3 Å². The summed E-state index contributed by atoms with van der Waals surface area (Å²) in [6.07, 6.45) is 7.60. The van der Waals surface area contributed by atoms with E-state index in [4.69, 9.17) is 14.0 Å². The van der Waals surface area contributed by atoms with Gasteiger partial charge in [-0.3, -0.25) is 4.90 Å². The molecule has 2 aromatic rings. The molecule has 1 atom stereocenters. The number of likely N-dealkylation sites (tertiary alicyclic amines) is 1. The molecule has 2 saturated heterocycles. The number of rotatable bonds is 6.